The molecule has 0 aliphatic carbocycles. The zero-order valence-electron chi connectivity index (χ0n) is 23.9. The van der Waals surface area contributed by atoms with Gasteiger partial charge >= 0.3 is 11.9 Å². The van der Waals surface area contributed by atoms with Crippen molar-refractivity contribution >= 4 is 29.1 Å². The lowest BCUT2D eigenvalue weighted by Crippen LogP contribution is -2.34. The topological polar surface area (TPSA) is 117 Å². The third-order valence-electron chi connectivity index (χ3n) is 7.58. The van der Waals surface area contributed by atoms with E-state index in [1.54, 1.807) is 13.0 Å². The molecule has 2 aliphatic rings. The predicted octanol–water partition coefficient (Wildman–Crippen LogP) is 4.62. The molecule has 0 saturated heterocycles. The Morgan fingerprint density at radius 3 is 1.98 bits per heavy atom. The van der Waals surface area contributed by atoms with Gasteiger partial charge in [-0.25, -0.2) is 4.79 Å². The highest BCUT2D eigenvalue weighted by Gasteiger charge is 2.53. The van der Waals surface area contributed by atoms with Crippen LogP contribution in [0, 0.1) is 0 Å². The molecule has 3 aromatic carbocycles. The minimum Gasteiger partial charge on any atom is -0.464 e. The predicted molar refractivity (Wildman–Crippen MR) is 156 cm³/mol. The van der Waals surface area contributed by atoms with E-state index in [9.17, 15) is 14.4 Å². The fraction of sp³-hybridized carbons (Fsp3) is 0.344. The zero-order chi connectivity index (χ0) is 28.4. The maximum atomic E-state index is 13.2. The molecule has 0 radical (unpaired) electrons. The van der Waals surface area contributed by atoms with E-state index >= 15 is 0 Å². The number of carbonyl (C=O) groups is 3. The molecule has 0 bridgehead atoms. The van der Waals surface area contributed by atoms with Gasteiger partial charge < -0.3 is 29.5 Å². The van der Waals surface area contributed by atoms with Crippen LogP contribution in [-0.4, -0.2) is 56.0 Å². The van der Waals surface area contributed by atoms with Gasteiger partial charge in [-0.05, 0) is 51.1 Å². The van der Waals surface area contributed by atoms with Gasteiger partial charge in [0.1, 0.15) is 23.9 Å². The number of ketones is 1. The van der Waals surface area contributed by atoms with Gasteiger partial charge in [0.25, 0.3) is 0 Å². The molecule has 3 aromatic rings. The lowest BCUT2D eigenvalue weighted by Gasteiger charge is -2.38. The van der Waals surface area contributed by atoms with Crippen LogP contribution in [0.2, 0.25) is 0 Å². The SMILES string of the molecule is CCN(CCOC(C)=O)c1ccc2c(c1)Oc1cc(N(CC)CCC(C)=O)ccc1C21OC(=O)c2ccccc21.O. The van der Waals surface area contributed by atoms with Gasteiger partial charge in [-0.1, -0.05) is 18.2 Å². The van der Waals surface area contributed by atoms with Crippen molar-refractivity contribution < 1.29 is 34.1 Å². The van der Waals surface area contributed by atoms with Crippen molar-refractivity contribution in [1.29, 1.82) is 0 Å². The van der Waals surface area contributed by atoms with Gasteiger partial charge in [-0.15, -0.1) is 0 Å². The Kier molecular flexibility index (Phi) is 8.68. The third kappa shape index (κ3) is 5.37. The highest BCUT2D eigenvalue weighted by Crippen LogP contribution is 2.57. The number of nitrogens with zero attached hydrogens (tertiary/aromatic N) is 2. The Bertz CT molecular complexity index is 1470. The van der Waals surface area contributed by atoms with Gasteiger partial charge in [0.2, 0.25) is 0 Å². The van der Waals surface area contributed by atoms with E-state index in [0.29, 0.717) is 43.1 Å². The van der Waals surface area contributed by atoms with Crippen LogP contribution in [0.25, 0.3) is 0 Å². The number of hydrogen-bond acceptors (Lipinski definition) is 8. The number of rotatable bonds is 10. The van der Waals surface area contributed by atoms with Crippen LogP contribution in [0.4, 0.5) is 11.4 Å². The van der Waals surface area contributed by atoms with Gasteiger partial charge in [0.15, 0.2) is 5.60 Å². The average Bonchev–Trinajstić information content (AvgIpc) is 3.23. The van der Waals surface area contributed by atoms with E-state index in [-0.39, 0.29) is 29.8 Å². The maximum absolute atomic E-state index is 13.2. The summed E-state index contributed by atoms with van der Waals surface area (Å²) in [6.07, 6.45) is 0.451. The molecule has 216 valence electrons. The number of fused-ring (bicyclic) bond motifs is 6. The first-order valence-corrected chi connectivity index (χ1v) is 13.7. The minimum atomic E-state index is -1.15. The summed E-state index contributed by atoms with van der Waals surface area (Å²) in [6, 6.07) is 19.3. The molecule has 5 rings (SSSR count). The summed E-state index contributed by atoms with van der Waals surface area (Å²) in [7, 11) is 0. The second-order valence-corrected chi connectivity index (χ2v) is 10.0. The number of likely N-dealkylation sites (N-methyl/N-ethyl adjacent to an activating group) is 1. The largest absolute Gasteiger partial charge is 0.464 e. The van der Waals surface area contributed by atoms with E-state index in [1.165, 1.54) is 6.92 Å². The quantitative estimate of drug-likeness (QED) is 0.330. The summed E-state index contributed by atoms with van der Waals surface area (Å²) in [5, 5.41) is 0. The normalized spacial score (nSPS) is 16.0. The second kappa shape index (κ2) is 12.0. The number of Topliss-reactive ketones (excluding diaryl/α,β-unsaturated/α-hetero) is 1. The van der Waals surface area contributed by atoms with E-state index in [1.807, 2.05) is 68.4 Å². The van der Waals surface area contributed by atoms with Gasteiger partial charge in [-0.3, -0.25) is 9.59 Å². The summed E-state index contributed by atoms with van der Waals surface area (Å²) in [4.78, 5) is 40.3. The molecule has 0 saturated carbocycles. The maximum Gasteiger partial charge on any atom is 0.340 e. The summed E-state index contributed by atoms with van der Waals surface area (Å²) in [5.41, 5.74) is 3.47. The van der Waals surface area contributed by atoms with Gasteiger partial charge in [0, 0.05) is 73.2 Å². The van der Waals surface area contributed by atoms with Crippen molar-refractivity contribution in [2.45, 2.75) is 39.7 Å². The molecule has 0 aromatic heterocycles. The Hall–Kier alpha value is -4.37. The molecule has 2 heterocycles. The van der Waals surface area contributed by atoms with Crippen LogP contribution in [0.1, 0.15) is 61.2 Å². The van der Waals surface area contributed by atoms with Gasteiger partial charge in [0.05, 0.1) is 12.1 Å². The van der Waals surface area contributed by atoms with Crippen LogP contribution >= 0.6 is 0 Å². The number of benzene rings is 3. The highest BCUT2D eigenvalue weighted by atomic mass is 16.6. The summed E-state index contributed by atoms with van der Waals surface area (Å²) in [6.45, 7) is 9.90. The lowest BCUT2D eigenvalue weighted by atomic mass is 9.77. The van der Waals surface area contributed by atoms with Crippen molar-refractivity contribution in [2.75, 3.05) is 42.6 Å². The molecule has 9 nitrogen and oxygen atoms in total. The number of hydrogen-bond donors (Lipinski definition) is 0. The summed E-state index contributed by atoms with van der Waals surface area (Å²) < 4.78 is 18.0. The molecule has 41 heavy (non-hydrogen) atoms. The molecule has 0 amide bonds. The van der Waals surface area contributed by atoms with E-state index < -0.39 is 5.60 Å². The molecule has 0 fully saturated rings. The highest BCUT2D eigenvalue weighted by molar-refractivity contribution is 5.97. The Morgan fingerprint density at radius 2 is 1.41 bits per heavy atom. The minimum absolute atomic E-state index is 0. The monoisotopic (exact) mass is 560 g/mol. The van der Waals surface area contributed by atoms with Crippen LogP contribution < -0.4 is 14.5 Å². The van der Waals surface area contributed by atoms with Crippen molar-refractivity contribution in [3.63, 3.8) is 0 Å². The Labute approximate surface area is 239 Å². The standard InChI is InChI=1S/C32H34N2O6.H2O/c1-5-33(16-15-21(3)35)23-11-13-27-29(19-23)39-30-20-24(34(6-2)17-18-38-22(4)36)12-14-28(30)32(27)26-10-8-7-9-25(26)31(37)40-32;/h7-14,19-20H,5-6,15-18H2,1-4H3;1H2. The molecule has 1 unspecified atom stereocenters. The molecule has 9 heteroatoms. The average molecular weight is 561 g/mol. The van der Waals surface area contributed by atoms with Crippen molar-refractivity contribution in [3.8, 4) is 11.5 Å². The number of ether oxygens (including phenoxy) is 3. The first-order valence-electron chi connectivity index (χ1n) is 13.7. The Morgan fingerprint density at radius 1 is 0.829 bits per heavy atom. The fourth-order valence-corrected chi connectivity index (χ4v) is 5.58. The number of esters is 2. The van der Waals surface area contributed by atoms with Crippen LogP contribution in [0.3, 0.4) is 0 Å². The number of carbonyl (C=O) groups excluding carboxylic acids is 3. The molecule has 2 aliphatic heterocycles. The van der Waals surface area contributed by atoms with Crippen LogP contribution in [-0.2, 0) is 24.7 Å². The first-order chi connectivity index (χ1) is 19.3. The van der Waals surface area contributed by atoms with Crippen molar-refractivity contribution in [2.24, 2.45) is 0 Å². The van der Waals surface area contributed by atoms with E-state index in [0.717, 1.165) is 34.6 Å². The van der Waals surface area contributed by atoms with E-state index in [4.69, 9.17) is 14.2 Å². The summed E-state index contributed by atoms with van der Waals surface area (Å²) in [5.74, 6) is 0.623. The second-order valence-electron chi connectivity index (χ2n) is 10.0. The smallest absolute Gasteiger partial charge is 0.340 e. The molecule has 2 N–H and O–H groups in total. The first kappa shape index (κ1) is 29.6. The summed E-state index contributed by atoms with van der Waals surface area (Å²) >= 11 is 0. The van der Waals surface area contributed by atoms with Crippen LogP contribution in [0.5, 0.6) is 11.5 Å². The molecular formula is C32H36N2O7. The van der Waals surface area contributed by atoms with E-state index in [2.05, 4.69) is 9.80 Å². The zero-order valence-corrected chi connectivity index (χ0v) is 23.9. The van der Waals surface area contributed by atoms with Crippen LogP contribution in [0.15, 0.2) is 60.7 Å². The van der Waals surface area contributed by atoms with Crippen molar-refractivity contribution in [1.82, 2.24) is 0 Å². The molecular weight excluding hydrogens is 524 g/mol. The third-order valence-corrected chi connectivity index (χ3v) is 7.58. The number of anilines is 2. The van der Waals surface area contributed by atoms with Gasteiger partial charge in [-0.2, -0.15) is 0 Å². The molecule has 1 atom stereocenters. The van der Waals surface area contributed by atoms with Crippen molar-refractivity contribution in [3.05, 3.63) is 82.9 Å². The molecule has 1 spiro atoms. The fourth-order valence-electron chi connectivity index (χ4n) is 5.58. The Balaban J connectivity index is 0.00000387. The lowest BCUT2D eigenvalue weighted by molar-refractivity contribution is -0.140.